The van der Waals surface area contributed by atoms with Crippen LogP contribution in [0.25, 0.3) is 10.9 Å². The van der Waals surface area contributed by atoms with Gasteiger partial charge in [-0.2, -0.15) is 0 Å². The summed E-state index contributed by atoms with van der Waals surface area (Å²) in [5.41, 5.74) is 1.70. The minimum absolute atomic E-state index is 0.104. The molecule has 1 aromatic heterocycles. The number of carbonyl (C=O) groups is 1. The summed E-state index contributed by atoms with van der Waals surface area (Å²) in [4.78, 5) is 14.2. The maximum Gasteiger partial charge on any atom is 0.319 e. The molecule has 0 aliphatic heterocycles. The molecule has 0 spiro atoms. The Morgan fingerprint density at radius 1 is 1.11 bits per heavy atom. The summed E-state index contributed by atoms with van der Waals surface area (Å²) < 4.78 is 29.4. The number of rotatable bonds is 5. The predicted octanol–water partition coefficient (Wildman–Crippen LogP) is 3.88. The largest absolute Gasteiger partial charge is 0.350 e. The smallest absolute Gasteiger partial charge is 0.319 e. The number of hydrogen-bond donors (Lipinski definition) is 2. The molecule has 2 aromatic carbocycles. The Balaban J connectivity index is 1.76. The van der Waals surface area contributed by atoms with E-state index in [9.17, 15) is 13.6 Å². The number of benzene rings is 2. The zero-order valence-electron chi connectivity index (χ0n) is 15.5. The molecule has 0 unspecified atom stereocenters. The Morgan fingerprint density at radius 2 is 1.78 bits per heavy atom. The van der Waals surface area contributed by atoms with Gasteiger partial charge < -0.3 is 20.1 Å². The number of anilines is 1. The molecule has 5 nitrogen and oxygen atoms in total. The minimum atomic E-state index is -0.816. The highest BCUT2D eigenvalue weighted by atomic mass is 19.1. The van der Waals surface area contributed by atoms with E-state index in [1.807, 2.05) is 61.1 Å². The van der Waals surface area contributed by atoms with Gasteiger partial charge in [0.15, 0.2) is 0 Å². The van der Waals surface area contributed by atoms with Crippen LogP contribution in [0.4, 0.5) is 19.3 Å². The van der Waals surface area contributed by atoms with Gasteiger partial charge in [0.1, 0.15) is 17.3 Å². The topological polar surface area (TPSA) is 49.3 Å². The summed E-state index contributed by atoms with van der Waals surface area (Å²) in [6.07, 6.45) is 2.03. The molecule has 0 bridgehead atoms. The quantitative estimate of drug-likeness (QED) is 0.714. The second kappa shape index (κ2) is 7.75. The van der Waals surface area contributed by atoms with E-state index in [0.717, 1.165) is 28.6 Å². The highest BCUT2D eigenvalue weighted by Gasteiger charge is 2.20. The van der Waals surface area contributed by atoms with E-state index in [0.29, 0.717) is 0 Å². The number of halogens is 2. The first kappa shape index (κ1) is 18.8. The number of amides is 2. The Hall–Kier alpha value is -2.93. The number of urea groups is 1. The number of para-hydroxylation sites is 2. The van der Waals surface area contributed by atoms with Crippen LogP contribution in [0.3, 0.4) is 0 Å². The molecule has 7 heteroatoms. The molecule has 142 valence electrons. The van der Waals surface area contributed by atoms with Gasteiger partial charge in [0.05, 0.1) is 6.04 Å². The number of nitrogens with one attached hydrogen (secondary N) is 2. The Bertz CT molecular complexity index is 948. The van der Waals surface area contributed by atoms with Gasteiger partial charge in [0.25, 0.3) is 0 Å². The molecule has 3 rings (SSSR count). The lowest BCUT2D eigenvalue weighted by atomic mass is 10.0. The van der Waals surface area contributed by atoms with Crippen LogP contribution in [0.5, 0.6) is 0 Å². The number of aromatic nitrogens is 1. The Kier molecular flexibility index (Phi) is 5.41. The SMILES string of the molecule is CN(C)[C@@H](CNC(=O)Nc1c(F)cccc1F)c1cn(C)c2ccccc12. The Morgan fingerprint density at radius 3 is 2.44 bits per heavy atom. The molecule has 3 aromatic rings. The molecule has 0 saturated heterocycles. The van der Waals surface area contributed by atoms with Crippen LogP contribution in [0.2, 0.25) is 0 Å². The molecule has 1 atom stereocenters. The summed E-state index contributed by atoms with van der Waals surface area (Å²) in [5, 5.41) is 6.05. The third-order valence-corrected chi connectivity index (χ3v) is 4.57. The average molecular weight is 372 g/mol. The van der Waals surface area contributed by atoms with Gasteiger partial charge in [-0.1, -0.05) is 24.3 Å². The van der Waals surface area contributed by atoms with E-state index in [-0.39, 0.29) is 12.6 Å². The average Bonchev–Trinajstić information content (AvgIpc) is 2.95. The van der Waals surface area contributed by atoms with Crippen LogP contribution in [-0.4, -0.2) is 36.1 Å². The summed E-state index contributed by atoms with van der Waals surface area (Å²) in [5.74, 6) is -1.63. The van der Waals surface area contributed by atoms with Crippen LogP contribution in [0.1, 0.15) is 11.6 Å². The molecular weight excluding hydrogens is 350 g/mol. The first-order chi connectivity index (χ1) is 12.9. The van der Waals surface area contributed by atoms with Crippen molar-refractivity contribution in [3.63, 3.8) is 0 Å². The number of likely N-dealkylation sites (N-methyl/N-ethyl adjacent to an activating group) is 1. The van der Waals surface area contributed by atoms with Gasteiger partial charge in [-0.25, -0.2) is 13.6 Å². The van der Waals surface area contributed by atoms with Gasteiger partial charge in [-0.3, -0.25) is 0 Å². The second-order valence-corrected chi connectivity index (χ2v) is 6.62. The van der Waals surface area contributed by atoms with E-state index in [4.69, 9.17) is 0 Å². The van der Waals surface area contributed by atoms with Gasteiger partial charge in [0, 0.05) is 30.7 Å². The van der Waals surface area contributed by atoms with Crippen molar-refractivity contribution in [2.75, 3.05) is 26.0 Å². The fraction of sp³-hybridized carbons (Fsp3) is 0.250. The number of aryl methyl sites for hydroxylation is 1. The molecule has 1 heterocycles. The summed E-state index contributed by atoms with van der Waals surface area (Å²) in [6.45, 7) is 0.281. The molecule has 0 radical (unpaired) electrons. The lowest BCUT2D eigenvalue weighted by Crippen LogP contribution is -2.37. The van der Waals surface area contributed by atoms with E-state index in [1.165, 1.54) is 6.07 Å². The van der Waals surface area contributed by atoms with Crippen molar-refractivity contribution in [2.24, 2.45) is 7.05 Å². The van der Waals surface area contributed by atoms with E-state index in [1.54, 1.807) is 0 Å². The third kappa shape index (κ3) is 3.93. The fourth-order valence-electron chi connectivity index (χ4n) is 3.17. The number of fused-ring (bicyclic) bond motifs is 1. The first-order valence-electron chi connectivity index (χ1n) is 8.57. The lowest BCUT2D eigenvalue weighted by molar-refractivity contribution is 0.243. The van der Waals surface area contributed by atoms with Gasteiger partial charge >= 0.3 is 6.03 Å². The molecule has 0 aliphatic carbocycles. The summed E-state index contributed by atoms with van der Waals surface area (Å²) >= 11 is 0. The predicted molar refractivity (Wildman–Crippen MR) is 103 cm³/mol. The van der Waals surface area contributed by atoms with Crippen LogP contribution in [0, 0.1) is 11.6 Å². The molecule has 0 saturated carbocycles. The fourth-order valence-corrected chi connectivity index (χ4v) is 3.17. The van der Waals surface area contributed by atoms with Crippen LogP contribution >= 0.6 is 0 Å². The standard InChI is InChI=1S/C20H22F2N4O/c1-25(2)18(14-12-26(3)17-10-5-4-7-13(14)17)11-23-20(27)24-19-15(21)8-6-9-16(19)22/h4-10,12,18H,11H2,1-3H3,(H2,23,24,27)/t18-/m0/s1. The molecule has 0 aliphatic rings. The maximum atomic E-state index is 13.7. The van der Waals surface area contributed by atoms with Crippen molar-refractivity contribution in [2.45, 2.75) is 6.04 Å². The molecule has 2 amide bonds. The van der Waals surface area contributed by atoms with Gasteiger partial charge in [-0.15, -0.1) is 0 Å². The highest BCUT2D eigenvalue weighted by molar-refractivity contribution is 5.89. The maximum absolute atomic E-state index is 13.7. The van der Waals surface area contributed by atoms with Crippen molar-refractivity contribution in [3.8, 4) is 0 Å². The first-order valence-corrected chi connectivity index (χ1v) is 8.57. The zero-order valence-corrected chi connectivity index (χ0v) is 15.5. The van der Waals surface area contributed by atoms with E-state index in [2.05, 4.69) is 10.6 Å². The molecular formula is C20H22F2N4O. The van der Waals surface area contributed by atoms with Gasteiger partial charge in [-0.05, 0) is 37.9 Å². The zero-order chi connectivity index (χ0) is 19.6. The molecule has 2 N–H and O–H groups in total. The van der Waals surface area contributed by atoms with Crippen LogP contribution in [0.15, 0.2) is 48.7 Å². The van der Waals surface area contributed by atoms with E-state index >= 15 is 0 Å². The monoisotopic (exact) mass is 372 g/mol. The highest BCUT2D eigenvalue weighted by Crippen LogP contribution is 2.28. The summed E-state index contributed by atoms with van der Waals surface area (Å²) in [6, 6.07) is 10.7. The lowest BCUT2D eigenvalue weighted by Gasteiger charge is -2.24. The third-order valence-electron chi connectivity index (χ3n) is 4.57. The van der Waals surface area contributed by atoms with Crippen molar-refractivity contribution >= 4 is 22.6 Å². The normalized spacial score (nSPS) is 12.4. The van der Waals surface area contributed by atoms with Crippen molar-refractivity contribution in [3.05, 3.63) is 65.9 Å². The minimum Gasteiger partial charge on any atom is -0.350 e. The Labute approximate surface area is 156 Å². The molecule has 0 fully saturated rings. The number of hydrogen-bond acceptors (Lipinski definition) is 2. The number of nitrogens with zero attached hydrogens (tertiary/aromatic N) is 2. The number of carbonyl (C=O) groups excluding carboxylic acids is 1. The van der Waals surface area contributed by atoms with Gasteiger partial charge in [0.2, 0.25) is 0 Å². The van der Waals surface area contributed by atoms with Crippen molar-refractivity contribution < 1.29 is 13.6 Å². The summed E-state index contributed by atoms with van der Waals surface area (Å²) in [7, 11) is 5.81. The van der Waals surface area contributed by atoms with E-state index < -0.39 is 23.4 Å². The molecule has 27 heavy (non-hydrogen) atoms. The second-order valence-electron chi connectivity index (χ2n) is 6.62. The van der Waals surface area contributed by atoms with Crippen molar-refractivity contribution in [1.29, 1.82) is 0 Å². The van der Waals surface area contributed by atoms with Crippen LogP contribution in [-0.2, 0) is 7.05 Å². The van der Waals surface area contributed by atoms with Crippen molar-refractivity contribution in [1.82, 2.24) is 14.8 Å². The van der Waals surface area contributed by atoms with Crippen LogP contribution < -0.4 is 10.6 Å².